The van der Waals surface area contributed by atoms with Crippen LogP contribution in [0, 0.1) is 0 Å². The molecule has 0 radical (unpaired) electrons. The fourth-order valence-electron chi connectivity index (χ4n) is 4.66. The molecule has 1 atom stereocenters. The molecule has 1 saturated heterocycles. The van der Waals surface area contributed by atoms with Crippen LogP contribution < -0.4 is 5.32 Å². The zero-order valence-electron chi connectivity index (χ0n) is 18.9. The molecule has 3 heterocycles. The van der Waals surface area contributed by atoms with E-state index < -0.39 is 0 Å². The Morgan fingerprint density at radius 3 is 2.67 bits per heavy atom. The van der Waals surface area contributed by atoms with E-state index in [2.05, 4.69) is 75.2 Å². The number of carbonyl (C=O) groups is 1. The summed E-state index contributed by atoms with van der Waals surface area (Å²) >= 11 is 0. The van der Waals surface area contributed by atoms with Crippen LogP contribution in [-0.4, -0.2) is 44.5 Å². The maximum Gasteiger partial charge on any atom is 0.237 e. The lowest BCUT2D eigenvalue weighted by Crippen LogP contribution is -2.55. The standard InChI is InChI=1S/C27H29N5O/c1-2-15-32-24-8-4-3-7-23(24)30-26(32)19-31-16-14-29-27(33)25(31)17-20-9-11-21(12-10-20)22-6-5-13-28-18-22/h3-13,18,25H,2,14-17,19H2,1H3,(H,29,33). The molecule has 2 aromatic carbocycles. The van der Waals surface area contributed by atoms with Crippen molar-refractivity contribution in [3.8, 4) is 11.1 Å². The Morgan fingerprint density at radius 1 is 1.03 bits per heavy atom. The summed E-state index contributed by atoms with van der Waals surface area (Å²) in [6.07, 6.45) is 5.37. The van der Waals surface area contributed by atoms with Crippen molar-refractivity contribution in [2.75, 3.05) is 13.1 Å². The van der Waals surface area contributed by atoms with E-state index in [9.17, 15) is 4.79 Å². The second-order valence-corrected chi connectivity index (χ2v) is 8.59. The number of imidazole rings is 1. The second kappa shape index (κ2) is 9.55. The average molecular weight is 440 g/mol. The van der Waals surface area contributed by atoms with E-state index >= 15 is 0 Å². The van der Waals surface area contributed by atoms with E-state index in [1.165, 1.54) is 5.52 Å². The van der Waals surface area contributed by atoms with Gasteiger partial charge < -0.3 is 9.88 Å². The summed E-state index contributed by atoms with van der Waals surface area (Å²) in [5.41, 5.74) is 5.56. The van der Waals surface area contributed by atoms with Crippen molar-refractivity contribution in [3.63, 3.8) is 0 Å². The lowest BCUT2D eigenvalue weighted by Gasteiger charge is -2.35. The molecular formula is C27H29N5O. The number of hydrogen-bond donors (Lipinski definition) is 1. The van der Waals surface area contributed by atoms with E-state index in [4.69, 9.17) is 4.98 Å². The predicted molar refractivity (Wildman–Crippen MR) is 131 cm³/mol. The number of para-hydroxylation sites is 2. The smallest absolute Gasteiger partial charge is 0.237 e. The molecule has 6 nitrogen and oxygen atoms in total. The molecule has 1 N–H and O–H groups in total. The number of carbonyl (C=O) groups excluding carboxylic acids is 1. The Kier molecular flexibility index (Phi) is 6.17. The molecule has 1 aliphatic rings. The van der Waals surface area contributed by atoms with Gasteiger partial charge in [-0.25, -0.2) is 4.98 Å². The Morgan fingerprint density at radius 2 is 1.88 bits per heavy atom. The number of benzene rings is 2. The molecule has 0 saturated carbocycles. The van der Waals surface area contributed by atoms with Gasteiger partial charge in [0.05, 0.1) is 23.6 Å². The summed E-state index contributed by atoms with van der Waals surface area (Å²) in [7, 11) is 0. The Hall–Kier alpha value is -3.51. The highest BCUT2D eigenvalue weighted by molar-refractivity contribution is 5.83. The van der Waals surface area contributed by atoms with Crippen molar-refractivity contribution < 1.29 is 4.79 Å². The van der Waals surface area contributed by atoms with Crippen molar-refractivity contribution in [1.29, 1.82) is 0 Å². The van der Waals surface area contributed by atoms with E-state index in [-0.39, 0.29) is 11.9 Å². The summed E-state index contributed by atoms with van der Waals surface area (Å²) in [5.74, 6) is 1.13. The first-order valence-electron chi connectivity index (χ1n) is 11.7. The molecule has 4 aromatic rings. The number of fused-ring (bicyclic) bond motifs is 1. The number of amides is 1. The number of rotatable bonds is 7. The molecule has 0 bridgehead atoms. The van der Waals surface area contributed by atoms with Crippen LogP contribution in [0.2, 0.25) is 0 Å². The maximum absolute atomic E-state index is 12.9. The quantitative estimate of drug-likeness (QED) is 0.472. The molecule has 0 aliphatic carbocycles. The summed E-state index contributed by atoms with van der Waals surface area (Å²) in [4.78, 5) is 24.3. The average Bonchev–Trinajstić information content (AvgIpc) is 3.19. The number of piperazine rings is 1. The number of aromatic nitrogens is 3. The summed E-state index contributed by atoms with van der Waals surface area (Å²) in [5, 5.41) is 3.06. The first kappa shape index (κ1) is 21.3. The molecule has 1 aliphatic heterocycles. The number of pyridine rings is 1. The van der Waals surface area contributed by atoms with Crippen LogP contribution in [0.15, 0.2) is 73.1 Å². The van der Waals surface area contributed by atoms with Gasteiger partial charge >= 0.3 is 0 Å². The van der Waals surface area contributed by atoms with Gasteiger partial charge in [0.2, 0.25) is 5.91 Å². The highest BCUT2D eigenvalue weighted by Crippen LogP contribution is 2.22. The van der Waals surface area contributed by atoms with Crippen molar-refractivity contribution >= 4 is 16.9 Å². The highest BCUT2D eigenvalue weighted by Gasteiger charge is 2.31. The molecule has 2 aromatic heterocycles. The Labute approximate surface area is 194 Å². The molecule has 0 spiro atoms. The first-order valence-corrected chi connectivity index (χ1v) is 11.7. The van der Waals surface area contributed by atoms with Crippen molar-refractivity contribution in [2.45, 2.75) is 38.9 Å². The normalized spacial score (nSPS) is 16.8. The molecule has 6 heteroatoms. The predicted octanol–water partition coefficient (Wildman–Crippen LogP) is 4.05. The van der Waals surface area contributed by atoms with Gasteiger partial charge in [0.25, 0.3) is 0 Å². The van der Waals surface area contributed by atoms with Crippen LogP contribution in [0.5, 0.6) is 0 Å². The third-order valence-corrected chi connectivity index (χ3v) is 6.34. The van der Waals surface area contributed by atoms with E-state index in [1.54, 1.807) is 6.20 Å². The van der Waals surface area contributed by atoms with Crippen LogP contribution in [0.25, 0.3) is 22.2 Å². The summed E-state index contributed by atoms with van der Waals surface area (Å²) in [6, 6.07) is 20.5. The van der Waals surface area contributed by atoms with E-state index in [1.807, 2.05) is 18.3 Å². The monoisotopic (exact) mass is 439 g/mol. The fraction of sp³-hybridized carbons (Fsp3) is 0.296. The Balaban J connectivity index is 1.37. The van der Waals surface area contributed by atoms with Gasteiger partial charge in [0.1, 0.15) is 5.82 Å². The fourth-order valence-corrected chi connectivity index (χ4v) is 4.66. The zero-order chi connectivity index (χ0) is 22.6. The SMILES string of the molecule is CCCn1c(CN2CCNC(=O)C2Cc2ccc(-c3cccnc3)cc2)nc2ccccc21. The molecule has 1 unspecified atom stereocenters. The lowest BCUT2D eigenvalue weighted by molar-refractivity contribution is -0.129. The van der Waals surface area contributed by atoms with Gasteiger partial charge in [0, 0.05) is 32.0 Å². The van der Waals surface area contributed by atoms with Gasteiger partial charge in [-0.05, 0) is 47.7 Å². The van der Waals surface area contributed by atoms with Gasteiger partial charge in [-0.1, -0.05) is 49.4 Å². The molecule has 1 fully saturated rings. The van der Waals surface area contributed by atoms with Crippen LogP contribution in [0.4, 0.5) is 0 Å². The molecule has 33 heavy (non-hydrogen) atoms. The first-order chi connectivity index (χ1) is 16.2. The molecular weight excluding hydrogens is 410 g/mol. The van der Waals surface area contributed by atoms with Crippen molar-refractivity contribution in [3.05, 3.63) is 84.4 Å². The third kappa shape index (κ3) is 4.52. The number of aryl methyl sites for hydroxylation is 1. The largest absolute Gasteiger partial charge is 0.353 e. The Bertz CT molecular complexity index is 1230. The van der Waals surface area contributed by atoms with E-state index in [0.29, 0.717) is 19.5 Å². The highest BCUT2D eigenvalue weighted by atomic mass is 16.2. The number of nitrogens with one attached hydrogen (secondary N) is 1. The van der Waals surface area contributed by atoms with Crippen molar-refractivity contribution in [1.82, 2.24) is 24.8 Å². The third-order valence-electron chi connectivity index (χ3n) is 6.34. The molecule has 1 amide bonds. The van der Waals surface area contributed by atoms with Gasteiger partial charge in [-0.3, -0.25) is 14.7 Å². The lowest BCUT2D eigenvalue weighted by atomic mass is 9.99. The van der Waals surface area contributed by atoms with Gasteiger partial charge in [-0.15, -0.1) is 0 Å². The number of nitrogens with zero attached hydrogens (tertiary/aromatic N) is 4. The van der Waals surface area contributed by atoms with Crippen LogP contribution in [0.3, 0.4) is 0 Å². The summed E-state index contributed by atoms with van der Waals surface area (Å²) < 4.78 is 2.31. The summed E-state index contributed by atoms with van der Waals surface area (Å²) in [6.45, 7) is 5.27. The minimum atomic E-state index is -0.210. The zero-order valence-corrected chi connectivity index (χ0v) is 18.9. The van der Waals surface area contributed by atoms with Crippen LogP contribution in [0.1, 0.15) is 24.7 Å². The minimum Gasteiger partial charge on any atom is -0.353 e. The maximum atomic E-state index is 12.9. The number of hydrogen-bond acceptors (Lipinski definition) is 4. The molecule has 168 valence electrons. The minimum absolute atomic E-state index is 0.0933. The van der Waals surface area contributed by atoms with Crippen LogP contribution >= 0.6 is 0 Å². The van der Waals surface area contributed by atoms with Crippen molar-refractivity contribution in [2.24, 2.45) is 0 Å². The van der Waals surface area contributed by atoms with Gasteiger partial charge in [-0.2, -0.15) is 0 Å². The van der Waals surface area contributed by atoms with Crippen LogP contribution in [-0.2, 0) is 24.3 Å². The second-order valence-electron chi connectivity index (χ2n) is 8.59. The molecule has 5 rings (SSSR count). The van der Waals surface area contributed by atoms with Gasteiger partial charge in [0.15, 0.2) is 0 Å². The van der Waals surface area contributed by atoms with E-state index in [0.717, 1.165) is 47.5 Å². The topological polar surface area (TPSA) is 63.0 Å².